The summed E-state index contributed by atoms with van der Waals surface area (Å²) in [6.07, 6.45) is -2.20. The zero-order chi connectivity index (χ0) is 8.69. The number of methoxy groups -OCH3 is 1. The number of ether oxygens (including phenoxy) is 2. The second-order valence-electron chi connectivity index (χ2n) is 1.30. The molecule has 0 atom stereocenters. The summed E-state index contributed by atoms with van der Waals surface area (Å²) in [5.41, 5.74) is 0. The lowest BCUT2D eigenvalue weighted by molar-refractivity contribution is -0.215. The lowest BCUT2D eigenvalue weighted by Gasteiger charge is -1.99. The van der Waals surface area contributed by atoms with Crippen LogP contribution in [-0.4, -0.2) is 26.0 Å². The highest BCUT2D eigenvalue weighted by atomic mass is 17.3. The van der Waals surface area contributed by atoms with Crippen LogP contribution in [0.1, 0.15) is 6.92 Å². The van der Waals surface area contributed by atoms with E-state index in [-0.39, 0.29) is 6.61 Å². The molecule has 0 saturated carbocycles. The second-order valence-corrected chi connectivity index (χ2v) is 1.30. The Morgan fingerprint density at radius 1 is 1.18 bits per heavy atom. The Balaban J connectivity index is 3.38. The number of hydrogen-bond acceptors (Lipinski definition) is 6. The van der Waals surface area contributed by atoms with Crippen LogP contribution in [0.4, 0.5) is 9.59 Å². The van der Waals surface area contributed by atoms with Crippen molar-refractivity contribution >= 4 is 12.3 Å². The summed E-state index contributed by atoms with van der Waals surface area (Å²) < 4.78 is 8.23. The van der Waals surface area contributed by atoms with Gasteiger partial charge < -0.3 is 9.47 Å². The van der Waals surface area contributed by atoms with Crippen molar-refractivity contribution in [2.45, 2.75) is 6.92 Å². The van der Waals surface area contributed by atoms with E-state index in [1.807, 2.05) is 0 Å². The first kappa shape index (κ1) is 9.54. The molecule has 0 rings (SSSR count). The minimum atomic E-state index is -1.11. The maximum Gasteiger partial charge on any atom is 0.549 e. The highest BCUT2D eigenvalue weighted by Gasteiger charge is 2.08. The van der Waals surface area contributed by atoms with E-state index in [1.54, 1.807) is 6.92 Å². The van der Waals surface area contributed by atoms with Gasteiger partial charge in [0.15, 0.2) is 0 Å². The third-order valence-electron chi connectivity index (χ3n) is 0.607. The SMILES string of the molecule is CCOC(=O)OOC(=O)OC. The largest absolute Gasteiger partial charge is 0.549 e. The predicted octanol–water partition coefficient (Wildman–Crippen LogP) is 0.858. The van der Waals surface area contributed by atoms with Crippen LogP contribution in [-0.2, 0) is 19.2 Å². The van der Waals surface area contributed by atoms with Crippen molar-refractivity contribution in [1.29, 1.82) is 0 Å². The number of carbonyl (C=O) groups excluding carboxylic acids is 2. The Morgan fingerprint density at radius 2 is 1.73 bits per heavy atom. The molecule has 64 valence electrons. The third kappa shape index (κ3) is 5.01. The Hall–Kier alpha value is -1.46. The van der Waals surface area contributed by atoms with Crippen LogP contribution in [0.5, 0.6) is 0 Å². The molecule has 6 nitrogen and oxygen atoms in total. The van der Waals surface area contributed by atoms with E-state index in [4.69, 9.17) is 0 Å². The Bertz CT molecular complexity index is 142. The number of hydrogen-bond donors (Lipinski definition) is 0. The number of carbonyl (C=O) groups is 2. The Morgan fingerprint density at radius 3 is 2.18 bits per heavy atom. The van der Waals surface area contributed by atoms with Gasteiger partial charge in [-0.15, -0.1) is 0 Å². The van der Waals surface area contributed by atoms with E-state index >= 15 is 0 Å². The van der Waals surface area contributed by atoms with Gasteiger partial charge in [0.1, 0.15) is 0 Å². The summed E-state index contributed by atoms with van der Waals surface area (Å²) >= 11 is 0. The van der Waals surface area contributed by atoms with E-state index in [9.17, 15) is 9.59 Å². The van der Waals surface area contributed by atoms with Crippen molar-refractivity contribution in [1.82, 2.24) is 0 Å². The first-order chi connectivity index (χ1) is 5.20. The smallest absolute Gasteiger partial charge is 0.435 e. The van der Waals surface area contributed by atoms with Crippen LogP contribution in [0.25, 0.3) is 0 Å². The van der Waals surface area contributed by atoms with Gasteiger partial charge >= 0.3 is 12.3 Å². The minimum absolute atomic E-state index is 0.142. The second kappa shape index (κ2) is 5.33. The molecule has 0 aliphatic rings. The third-order valence-corrected chi connectivity index (χ3v) is 0.607. The molecule has 11 heavy (non-hydrogen) atoms. The minimum Gasteiger partial charge on any atom is -0.435 e. The molecule has 0 aromatic rings. The van der Waals surface area contributed by atoms with Crippen LogP contribution in [0.2, 0.25) is 0 Å². The Kier molecular flexibility index (Phi) is 4.63. The molecule has 0 saturated heterocycles. The lowest BCUT2D eigenvalue weighted by Crippen LogP contribution is -2.12. The first-order valence-electron chi connectivity index (χ1n) is 2.80. The molecule has 0 aliphatic carbocycles. The molecule has 0 spiro atoms. The van der Waals surface area contributed by atoms with Crippen molar-refractivity contribution in [3.63, 3.8) is 0 Å². The highest BCUT2D eigenvalue weighted by Crippen LogP contribution is 1.88. The molecule has 0 radical (unpaired) electrons. The van der Waals surface area contributed by atoms with Crippen LogP contribution in [0.15, 0.2) is 0 Å². The van der Waals surface area contributed by atoms with Gasteiger partial charge in [-0.05, 0) is 6.92 Å². The quantitative estimate of drug-likeness (QED) is 0.325. The van der Waals surface area contributed by atoms with Gasteiger partial charge in [-0.25, -0.2) is 0 Å². The summed E-state index contributed by atoms with van der Waals surface area (Å²) in [6.45, 7) is 1.72. The van der Waals surface area contributed by atoms with Gasteiger partial charge in [0, 0.05) is 0 Å². The molecule has 6 heteroatoms. The lowest BCUT2D eigenvalue weighted by atomic mass is 10.9. The molecule has 0 bridgehead atoms. The van der Waals surface area contributed by atoms with Crippen LogP contribution >= 0.6 is 0 Å². The maximum absolute atomic E-state index is 10.3. The van der Waals surface area contributed by atoms with Crippen molar-refractivity contribution in [3.8, 4) is 0 Å². The monoisotopic (exact) mass is 164 g/mol. The Labute approximate surface area is 62.9 Å². The van der Waals surface area contributed by atoms with Crippen molar-refractivity contribution < 1.29 is 28.8 Å². The van der Waals surface area contributed by atoms with Gasteiger partial charge in [-0.3, -0.25) is 0 Å². The van der Waals surface area contributed by atoms with Gasteiger partial charge in [0.25, 0.3) is 0 Å². The van der Waals surface area contributed by atoms with Crippen molar-refractivity contribution in [2.75, 3.05) is 13.7 Å². The predicted molar refractivity (Wildman–Crippen MR) is 31.6 cm³/mol. The standard InChI is InChI=1S/C5H8O6/c1-3-9-5(7)11-10-4(6)8-2/h3H2,1-2H3. The van der Waals surface area contributed by atoms with Gasteiger partial charge in [-0.2, -0.15) is 19.4 Å². The summed E-state index contributed by atoms with van der Waals surface area (Å²) in [6, 6.07) is 0. The molecule has 0 aliphatic heterocycles. The van der Waals surface area contributed by atoms with Gasteiger partial charge in [0.2, 0.25) is 0 Å². The molecule has 0 aromatic heterocycles. The molecular weight excluding hydrogens is 156 g/mol. The molecular formula is C5H8O6. The average Bonchev–Trinajstić information content (AvgIpc) is 2.01. The zero-order valence-electron chi connectivity index (χ0n) is 6.16. The van der Waals surface area contributed by atoms with Crippen molar-refractivity contribution in [3.05, 3.63) is 0 Å². The van der Waals surface area contributed by atoms with E-state index in [1.165, 1.54) is 0 Å². The van der Waals surface area contributed by atoms with Crippen LogP contribution in [0, 0.1) is 0 Å². The number of rotatable bonds is 1. The molecule has 0 aromatic carbocycles. The van der Waals surface area contributed by atoms with Crippen LogP contribution < -0.4 is 0 Å². The van der Waals surface area contributed by atoms with E-state index in [2.05, 4.69) is 19.2 Å². The maximum atomic E-state index is 10.3. The van der Waals surface area contributed by atoms with E-state index < -0.39 is 12.3 Å². The average molecular weight is 164 g/mol. The summed E-state index contributed by atoms with van der Waals surface area (Å²) in [4.78, 5) is 28.0. The molecule has 0 unspecified atom stereocenters. The summed E-state index contributed by atoms with van der Waals surface area (Å²) in [5, 5.41) is 0. The van der Waals surface area contributed by atoms with Gasteiger partial charge in [-0.1, -0.05) is 0 Å². The van der Waals surface area contributed by atoms with Crippen molar-refractivity contribution in [2.24, 2.45) is 0 Å². The highest BCUT2D eigenvalue weighted by molar-refractivity contribution is 5.63. The summed E-state index contributed by atoms with van der Waals surface area (Å²) in [7, 11) is 1.08. The van der Waals surface area contributed by atoms with E-state index in [0.29, 0.717) is 0 Å². The molecule has 0 amide bonds. The molecule has 0 N–H and O–H groups in total. The van der Waals surface area contributed by atoms with Crippen LogP contribution in [0.3, 0.4) is 0 Å². The topological polar surface area (TPSA) is 71.1 Å². The fourth-order valence-corrected chi connectivity index (χ4v) is 0.244. The zero-order valence-corrected chi connectivity index (χ0v) is 6.16. The normalized spacial score (nSPS) is 8.18. The first-order valence-corrected chi connectivity index (χ1v) is 2.80. The van der Waals surface area contributed by atoms with E-state index in [0.717, 1.165) is 7.11 Å². The fourth-order valence-electron chi connectivity index (χ4n) is 0.244. The van der Waals surface area contributed by atoms with Gasteiger partial charge in [0.05, 0.1) is 13.7 Å². The molecule has 0 heterocycles. The summed E-state index contributed by atoms with van der Waals surface area (Å²) in [5.74, 6) is 0. The molecule has 0 fully saturated rings. The fraction of sp³-hybridized carbons (Fsp3) is 0.600.